The van der Waals surface area contributed by atoms with Crippen LogP contribution in [0.4, 0.5) is 5.13 Å². The van der Waals surface area contributed by atoms with Crippen molar-refractivity contribution in [1.82, 2.24) is 9.29 Å². The number of nitrogens with zero attached hydrogens (tertiary/aromatic N) is 3. The van der Waals surface area contributed by atoms with Crippen LogP contribution in [0.1, 0.15) is 18.2 Å². The molecule has 166 valence electrons. The number of ether oxygens (including phenoxy) is 1. The third kappa shape index (κ3) is 4.67. The molecule has 0 saturated carbocycles. The minimum Gasteiger partial charge on any atom is -0.496 e. The normalized spacial score (nSPS) is 24.5. The van der Waals surface area contributed by atoms with Crippen LogP contribution in [0.2, 0.25) is 0 Å². The van der Waals surface area contributed by atoms with Crippen LogP contribution in [0.25, 0.3) is 0 Å². The molecule has 1 fully saturated rings. The lowest BCUT2D eigenvalue weighted by atomic mass is 10.0. The van der Waals surface area contributed by atoms with Gasteiger partial charge in [-0.05, 0) is 13.0 Å². The smallest absolute Gasteiger partial charge is 0.222 e. The quantitative estimate of drug-likeness (QED) is 0.591. The van der Waals surface area contributed by atoms with Crippen LogP contribution < -0.4 is 9.64 Å². The molecule has 0 spiro atoms. The fourth-order valence-corrected chi connectivity index (χ4v) is 7.25. The first-order valence-corrected chi connectivity index (χ1v) is 12.9. The van der Waals surface area contributed by atoms with E-state index < -0.39 is 20.1 Å². The van der Waals surface area contributed by atoms with Crippen LogP contribution >= 0.6 is 22.9 Å². The molecule has 0 amide bonds. The first-order chi connectivity index (χ1) is 14.8. The number of halogens is 1. The molecule has 9 heteroatoms. The molecule has 1 aliphatic heterocycles. The van der Waals surface area contributed by atoms with Gasteiger partial charge in [-0.1, -0.05) is 42.5 Å². The molecule has 2 atom stereocenters. The van der Waals surface area contributed by atoms with Crippen molar-refractivity contribution in [1.29, 1.82) is 0 Å². The minimum atomic E-state index is -3.54. The van der Waals surface area contributed by atoms with Crippen LogP contribution in [0, 0.1) is 0 Å². The van der Waals surface area contributed by atoms with Crippen molar-refractivity contribution in [2.24, 2.45) is 0 Å². The topological polar surface area (TPSA) is 62.7 Å². The summed E-state index contributed by atoms with van der Waals surface area (Å²) >= 11 is 8.08. The summed E-state index contributed by atoms with van der Waals surface area (Å²) in [6.07, 6.45) is 7.67. The van der Waals surface area contributed by atoms with Crippen LogP contribution in [0.3, 0.4) is 0 Å². The Kier molecular flexibility index (Phi) is 6.44. The number of alkyl halides is 1. The first-order valence-electron chi connectivity index (χ1n) is 10.2. The predicted octanol–water partition coefficient (Wildman–Crippen LogP) is 3.69. The molecule has 1 aliphatic carbocycles. The number of hydrogen-bond donors (Lipinski definition) is 0. The number of anilines is 1. The molecule has 2 aromatic rings. The Morgan fingerprint density at radius 1 is 1.23 bits per heavy atom. The third-order valence-electron chi connectivity index (χ3n) is 5.67. The lowest BCUT2D eigenvalue weighted by Crippen LogP contribution is -2.54. The molecule has 0 bridgehead atoms. The number of sulfonamides is 1. The zero-order chi connectivity index (χ0) is 22.1. The molecular formula is C22H26ClN3O3S2. The Morgan fingerprint density at radius 2 is 1.97 bits per heavy atom. The Labute approximate surface area is 192 Å². The summed E-state index contributed by atoms with van der Waals surface area (Å²) in [5.74, 6) is 0.855. The Morgan fingerprint density at radius 3 is 2.68 bits per heavy atom. The number of hydrogen-bond acceptors (Lipinski definition) is 6. The van der Waals surface area contributed by atoms with Gasteiger partial charge in [-0.2, -0.15) is 4.31 Å². The van der Waals surface area contributed by atoms with E-state index in [2.05, 4.69) is 10.3 Å². The number of rotatable bonds is 6. The molecule has 2 aliphatic rings. The van der Waals surface area contributed by atoms with Gasteiger partial charge in [0.25, 0.3) is 0 Å². The molecule has 1 aromatic heterocycles. The number of aromatic nitrogens is 1. The highest BCUT2D eigenvalue weighted by Crippen LogP contribution is 2.33. The Balaban J connectivity index is 1.40. The number of allylic oxidation sites excluding steroid dienone is 3. The van der Waals surface area contributed by atoms with E-state index in [-0.39, 0.29) is 0 Å². The van der Waals surface area contributed by atoms with Crippen molar-refractivity contribution in [2.45, 2.75) is 23.5 Å². The van der Waals surface area contributed by atoms with Gasteiger partial charge in [0.05, 0.1) is 17.7 Å². The Hall–Kier alpha value is -1.87. The standard InChI is InChI=1S/C22H26ClN3O3S2/c1-22(23)10-6-5-9-20(22)31(27,28)26-13-11-25(12-14-26)21-24-18(16-30-21)15-17-7-3-4-8-19(17)29-2/h3-10,16,20H,11-15H2,1-2H3. The van der Waals surface area contributed by atoms with Crippen molar-refractivity contribution in [2.75, 3.05) is 38.2 Å². The summed E-state index contributed by atoms with van der Waals surface area (Å²) in [7, 11) is -1.86. The second-order valence-electron chi connectivity index (χ2n) is 7.86. The van der Waals surface area contributed by atoms with Crippen LogP contribution in [0.5, 0.6) is 5.75 Å². The number of piperazine rings is 1. The van der Waals surface area contributed by atoms with E-state index in [9.17, 15) is 8.42 Å². The second-order valence-corrected chi connectivity index (χ2v) is 11.6. The lowest BCUT2D eigenvalue weighted by Gasteiger charge is -2.38. The highest BCUT2D eigenvalue weighted by Gasteiger charge is 2.43. The molecular weight excluding hydrogens is 454 g/mol. The maximum absolute atomic E-state index is 13.2. The second kappa shape index (κ2) is 8.94. The molecule has 1 aromatic carbocycles. The van der Waals surface area contributed by atoms with E-state index in [1.54, 1.807) is 54.0 Å². The van der Waals surface area contributed by atoms with Crippen molar-refractivity contribution in [3.05, 3.63) is 65.2 Å². The predicted molar refractivity (Wildman–Crippen MR) is 127 cm³/mol. The van der Waals surface area contributed by atoms with Crippen molar-refractivity contribution in [3.8, 4) is 5.75 Å². The highest BCUT2D eigenvalue weighted by atomic mass is 35.5. The largest absolute Gasteiger partial charge is 0.496 e. The first kappa shape index (κ1) is 22.3. The summed E-state index contributed by atoms with van der Waals surface area (Å²) < 4.78 is 33.4. The summed E-state index contributed by atoms with van der Waals surface area (Å²) in [5.41, 5.74) is 2.08. The molecule has 2 heterocycles. The number of para-hydroxylation sites is 1. The van der Waals surface area contributed by atoms with Crippen LogP contribution in [0.15, 0.2) is 53.9 Å². The zero-order valence-corrected chi connectivity index (χ0v) is 20.0. The fourth-order valence-electron chi connectivity index (χ4n) is 3.94. The molecule has 0 N–H and O–H groups in total. The van der Waals surface area contributed by atoms with Crippen molar-refractivity contribution < 1.29 is 13.2 Å². The minimum absolute atomic E-state index is 0.421. The number of thiazole rings is 1. The maximum atomic E-state index is 13.2. The van der Waals surface area contributed by atoms with Gasteiger partial charge in [0, 0.05) is 43.5 Å². The van der Waals surface area contributed by atoms with E-state index >= 15 is 0 Å². The highest BCUT2D eigenvalue weighted by molar-refractivity contribution is 7.90. The Bertz CT molecular complexity index is 1090. The molecule has 2 unspecified atom stereocenters. The van der Waals surface area contributed by atoms with E-state index in [1.165, 1.54) is 0 Å². The number of benzene rings is 1. The van der Waals surface area contributed by atoms with Gasteiger partial charge < -0.3 is 9.64 Å². The van der Waals surface area contributed by atoms with E-state index in [0.717, 1.165) is 22.1 Å². The van der Waals surface area contributed by atoms with Crippen molar-refractivity contribution in [3.63, 3.8) is 0 Å². The molecule has 0 radical (unpaired) electrons. The fraction of sp³-hybridized carbons (Fsp3) is 0.409. The van der Waals surface area contributed by atoms with Crippen LogP contribution in [-0.2, 0) is 16.4 Å². The van der Waals surface area contributed by atoms with Gasteiger partial charge in [0.2, 0.25) is 10.0 Å². The van der Waals surface area contributed by atoms with E-state index in [4.69, 9.17) is 21.3 Å². The van der Waals surface area contributed by atoms with Gasteiger partial charge in [-0.3, -0.25) is 0 Å². The van der Waals surface area contributed by atoms with Gasteiger partial charge >= 0.3 is 0 Å². The van der Waals surface area contributed by atoms with Gasteiger partial charge in [-0.25, -0.2) is 13.4 Å². The number of methoxy groups -OCH3 is 1. The summed E-state index contributed by atoms with van der Waals surface area (Å²) in [4.78, 5) is 6.00. The maximum Gasteiger partial charge on any atom is 0.222 e. The summed E-state index contributed by atoms with van der Waals surface area (Å²) in [6.45, 7) is 3.79. The van der Waals surface area contributed by atoms with E-state index in [0.29, 0.717) is 32.6 Å². The van der Waals surface area contributed by atoms with Crippen LogP contribution in [-0.4, -0.2) is 61.1 Å². The average molecular weight is 480 g/mol. The molecule has 1 saturated heterocycles. The molecule has 31 heavy (non-hydrogen) atoms. The summed E-state index contributed by atoms with van der Waals surface area (Å²) in [5, 5.41) is 2.22. The molecule has 6 nitrogen and oxygen atoms in total. The van der Waals surface area contributed by atoms with Crippen molar-refractivity contribution >= 4 is 38.1 Å². The third-order valence-corrected chi connectivity index (χ3v) is 9.48. The lowest BCUT2D eigenvalue weighted by molar-refractivity contribution is 0.379. The zero-order valence-electron chi connectivity index (χ0n) is 17.6. The van der Waals surface area contributed by atoms with Gasteiger partial charge in [0.1, 0.15) is 11.0 Å². The monoisotopic (exact) mass is 479 g/mol. The van der Waals surface area contributed by atoms with E-state index in [1.807, 2.05) is 24.3 Å². The van der Waals surface area contributed by atoms with Gasteiger partial charge in [0.15, 0.2) is 5.13 Å². The van der Waals surface area contributed by atoms with Gasteiger partial charge in [-0.15, -0.1) is 22.9 Å². The summed E-state index contributed by atoms with van der Waals surface area (Å²) in [6, 6.07) is 7.94. The average Bonchev–Trinajstić information content (AvgIpc) is 3.22. The molecule has 4 rings (SSSR count). The SMILES string of the molecule is COc1ccccc1Cc1csc(N2CCN(S(=O)(=O)C3C=CC=CC3(C)Cl)CC2)n1.